The van der Waals surface area contributed by atoms with Crippen molar-refractivity contribution in [1.29, 1.82) is 0 Å². The SMILES string of the molecule is CC[C@H]1OC[C@]2(c3cc(CC(=O)c4ccc(Cl)cn4)ccc3F)N=C(N)SC[C@H]12. The van der Waals surface area contributed by atoms with Gasteiger partial charge in [0, 0.05) is 29.9 Å². The monoisotopic (exact) mass is 433 g/mol. The number of rotatable bonds is 5. The van der Waals surface area contributed by atoms with E-state index >= 15 is 0 Å². The van der Waals surface area contributed by atoms with E-state index < -0.39 is 5.54 Å². The molecule has 2 aliphatic heterocycles. The highest BCUT2D eigenvalue weighted by Crippen LogP contribution is 2.48. The number of hydrogen-bond donors (Lipinski definition) is 1. The molecule has 1 fully saturated rings. The Morgan fingerprint density at radius 2 is 2.24 bits per heavy atom. The summed E-state index contributed by atoms with van der Waals surface area (Å²) >= 11 is 7.31. The third kappa shape index (κ3) is 3.79. The van der Waals surface area contributed by atoms with Gasteiger partial charge in [0.2, 0.25) is 0 Å². The lowest BCUT2D eigenvalue weighted by Gasteiger charge is -2.36. The maximum Gasteiger partial charge on any atom is 0.185 e. The van der Waals surface area contributed by atoms with Gasteiger partial charge in [0.15, 0.2) is 11.0 Å². The lowest BCUT2D eigenvalue weighted by atomic mass is 9.77. The molecule has 0 spiro atoms. The predicted octanol–water partition coefficient (Wildman–Crippen LogP) is 3.98. The Morgan fingerprint density at radius 3 is 2.97 bits per heavy atom. The van der Waals surface area contributed by atoms with Crippen LogP contribution in [0.15, 0.2) is 41.5 Å². The summed E-state index contributed by atoms with van der Waals surface area (Å²) in [5.41, 5.74) is 6.63. The number of nitrogens with two attached hydrogens (primary N) is 1. The molecule has 3 atom stereocenters. The van der Waals surface area contributed by atoms with Gasteiger partial charge in [-0.3, -0.25) is 9.78 Å². The Balaban J connectivity index is 1.68. The van der Waals surface area contributed by atoms with Crippen molar-refractivity contribution >= 4 is 34.3 Å². The first kappa shape index (κ1) is 20.3. The zero-order valence-electron chi connectivity index (χ0n) is 15.9. The number of amidine groups is 1. The minimum absolute atomic E-state index is 0.00213. The summed E-state index contributed by atoms with van der Waals surface area (Å²) < 4.78 is 20.9. The van der Waals surface area contributed by atoms with Crippen LogP contribution in [0.25, 0.3) is 0 Å². The normalized spacial score (nSPS) is 26.1. The van der Waals surface area contributed by atoms with Crippen molar-refractivity contribution in [2.45, 2.75) is 31.4 Å². The van der Waals surface area contributed by atoms with E-state index in [1.807, 2.05) is 0 Å². The molecule has 152 valence electrons. The molecule has 2 aromatic rings. The van der Waals surface area contributed by atoms with Gasteiger partial charge in [0.05, 0.1) is 17.7 Å². The minimum Gasteiger partial charge on any atom is -0.379 e. The second-order valence-electron chi connectivity index (χ2n) is 7.33. The van der Waals surface area contributed by atoms with E-state index in [0.717, 1.165) is 12.2 Å². The number of aliphatic imine (C=N–C) groups is 1. The van der Waals surface area contributed by atoms with Gasteiger partial charge in [-0.25, -0.2) is 9.38 Å². The maximum atomic E-state index is 15.0. The number of pyridine rings is 1. The van der Waals surface area contributed by atoms with E-state index in [9.17, 15) is 9.18 Å². The summed E-state index contributed by atoms with van der Waals surface area (Å²) in [7, 11) is 0. The smallest absolute Gasteiger partial charge is 0.185 e. The summed E-state index contributed by atoms with van der Waals surface area (Å²) in [6, 6.07) is 7.95. The largest absolute Gasteiger partial charge is 0.379 e. The van der Waals surface area contributed by atoms with Crippen molar-refractivity contribution in [1.82, 2.24) is 4.98 Å². The first-order valence-corrected chi connectivity index (χ1v) is 10.8. The number of hydrogen-bond acceptors (Lipinski definition) is 6. The average Bonchev–Trinajstić information content (AvgIpc) is 3.08. The van der Waals surface area contributed by atoms with E-state index in [1.54, 1.807) is 24.3 Å². The molecule has 0 bridgehead atoms. The van der Waals surface area contributed by atoms with Crippen LogP contribution in [0.1, 0.15) is 35.0 Å². The standard InChI is InChI=1S/C21H21ClFN3O2S/c1-2-19-15-10-29-20(24)26-21(15,11-28-19)14-7-12(3-5-16(14)23)8-18(27)17-6-4-13(22)9-25-17/h3-7,9,15,19H,2,8,10-11H2,1H3,(H2,24,26)/t15-,19-,21-/m1/s1. The van der Waals surface area contributed by atoms with Crippen molar-refractivity contribution in [3.63, 3.8) is 0 Å². The molecule has 0 aliphatic carbocycles. The Bertz CT molecular complexity index is 969. The fourth-order valence-corrected chi connectivity index (χ4v) is 5.28. The number of fused-ring (bicyclic) bond motifs is 1. The molecule has 2 N–H and O–H groups in total. The summed E-state index contributed by atoms with van der Waals surface area (Å²) in [5, 5.41) is 0.904. The number of benzene rings is 1. The van der Waals surface area contributed by atoms with Crippen LogP contribution in [0.5, 0.6) is 0 Å². The van der Waals surface area contributed by atoms with Crippen LogP contribution in [0.4, 0.5) is 4.39 Å². The molecule has 2 aliphatic rings. The number of Topliss-reactive ketones (excluding diaryl/α,β-unsaturated/α-hetero) is 1. The van der Waals surface area contributed by atoms with Crippen molar-refractivity contribution in [3.8, 4) is 0 Å². The van der Waals surface area contributed by atoms with E-state index in [0.29, 0.717) is 27.0 Å². The van der Waals surface area contributed by atoms with E-state index in [2.05, 4.69) is 16.9 Å². The fraction of sp³-hybridized carbons (Fsp3) is 0.381. The van der Waals surface area contributed by atoms with Gasteiger partial charge in [-0.2, -0.15) is 0 Å². The number of ether oxygens (including phenoxy) is 1. The summed E-state index contributed by atoms with van der Waals surface area (Å²) in [5.74, 6) is 0.234. The average molecular weight is 434 g/mol. The molecule has 3 heterocycles. The Labute approximate surface area is 177 Å². The Morgan fingerprint density at radius 1 is 1.41 bits per heavy atom. The van der Waals surface area contributed by atoms with Crippen molar-refractivity contribution in [2.75, 3.05) is 12.4 Å². The van der Waals surface area contributed by atoms with Crippen molar-refractivity contribution in [3.05, 3.63) is 64.2 Å². The number of aromatic nitrogens is 1. The second-order valence-corrected chi connectivity index (χ2v) is 8.80. The first-order valence-electron chi connectivity index (χ1n) is 9.46. The molecule has 8 heteroatoms. The lowest BCUT2D eigenvalue weighted by Crippen LogP contribution is -2.42. The highest BCUT2D eigenvalue weighted by atomic mass is 35.5. The van der Waals surface area contributed by atoms with Crippen LogP contribution < -0.4 is 5.73 Å². The van der Waals surface area contributed by atoms with Gasteiger partial charge in [-0.05, 0) is 36.2 Å². The van der Waals surface area contributed by atoms with Gasteiger partial charge >= 0.3 is 0 Å². The summed E-state index contributed by atoms with van der Waals surface area (Å²) in [6.07, 6.45) is 2.37. The van der Waals surface area contributed by atoms with Crippen molar-refractivity contribution < 1.29 is 13.9 Å². The Hall–Kier alpha value is -1.96. The quantitative estimate of drug-likeness (QED) is 0.721. The molecule has 5 nitrogen and oxygen atoms in total. The van der Waals surface area contributed by atoms with E-state index in [4.69, 9.17) is 22.1 Å². The lowest BCUT2D eigenvalue weighted by molar-refractivity contribution is 0.0904. The molecule has 0 amide bonds. The third-order valence-electron chi connectivity index (χ3n) is 5.58. The number of thioether (sulfide) groups is 1. The van der Waals surface area contributed by atoms with Crippen LogP contribution in [-0.4, -0.2) is 34.4 Å². The molecule has 1 aromatic heterocycles. The molecule has 0 unspecified atom stereocenters. The topological polar surface area (TPSA) is 77.6 Å². The number of carbonyl (C=O) groups is 1. The molecular formula is C21H21ClFN3O2S. The predicted molar refractivity (Wildman–Crippen MR) is 113 cm³/mol. The van der Waals surface area contributed by atoms with E-state index in [-0.39, 0.29) is 36.7 Å². The van der Waals surface area contributed by atoms with Crippen LogP contribution in [-0.2, 0) is 16.7 Å². The molecule has 0 radical (unpaired) electrons. The van der Waals surface area contributed by atoms with E-state index in [1.165, 1.54) is 24.0 Å². The maximum absolute atomic E-state index is 15.0. The minimum atomic E-state index is -0.850. The molecule has 1 aromatic carbocycles. The highest BCUT2D eigenvalue weighted by Gasteiger charge is 2.53. The highest BCUT2D eigenvalue weighted by molar-refractivity contribution is 8.13. The van der Waals surface area contributed by atoms with Gasteiger partial charge in [0.1, 0.15) is 17.1 Å². The fourth-order valence-electron chi connectivity index (χ4n) is 4.10. The zero-order chi connectivity index (χ0) is 20.6. The molecular weight excluding hydrogens is 413 g/mol. The molecule has 1 saturated heterocycles. The first-order chi connectivity index (χ1) is 13.9. The number of nitrogens with zero attached hydrogens (tertiary/aromatic N) is 2. The van der Waals surface area contributed by atoms with Crippen LogP contribution in [0, 0.1) is 11.7 Å². The number of ketones is 1. The molecule has 29 heavy (non-hydrogen) atoms. The Kier molecular flexibility index (Phi) is 5.64. The number of carbonyl (C=O) groups excluding carboxylic acids is 1. The van der Waals surface area contributed by atoms with Crippen LogP contribution >= 0.6 is 23.4 Å². The van der Waals surface area contributed by atoms with Gasteiger partial charge in [0.25, 0.3) is 0 Å². The van der Waals surface area contributed by atoms with Gasteiger partial charge in [-0.15, -0.1) is 0 Å². The van der Waals surface area contributed by atoms with Crippen LogP contribution in [0.3, 0.4) is 0 Å². The second kappa shape index (κ2) is 8.05. The molecule has 0 saturated carbocycles. The summed E-state index contributed by atoms with van der Waals surface area (Å²) in [4.78, 5) is 21.3. The van der Waals surface area contributed by atoms with Crippen LogP contribution in [0.2, 0.25) is 5.02 Å². The molecule has 4 rings (SSSR count). The van der Waals surface area contributed by atoms with Crippen molar-refractivity contribution in [2.24, 2.45) is 16.6 Å². The number of halogens is 2. The summed E-state index contributed by atoms with van der Waals surface area (Å²) in [6.45, 7) is 2.34. The zero-order valence-corrected chi connectivity index (χ0v) is 17.5. The third-order valence-corrected chi connectivity index (χ3v) is 6.71. The van der Waals surface area contributed by atoms with Gasteiger partial charge in [-0.1, -0.05) is 36.4 Å². The van der Waals surface area contributed by atoms with Gasteiger partial charge < -0.3 is 10.5 Å².